The van der Waals surface area contributed by atoms with Gasteiger partial charge in [-0.3, -0.25) is 5.10 Å². The molecule has 2 rings (SSSR count). The summed E-state index contributed by atoms with van der Waals surface area (Å²) < 4.78 is 1.09. The van der Waals surface area contributed by atoms with Gasteiger partial charge in [-0.05, 0) is 31.5 Å². The third kappa shape index (κ3) is 2.11. The van der Waals surface area contributed by atoms with Crippen LogP contribution in [-0.4, -0.2) is 16.7 Å². The van der Waals surface area contributed by atoms with Gasteiger partial charge in [-0.2, -0.15) is 5.10 Å². The van der Waals surface area contributed by atoms with Gasteiger partial charge in [-0.15, -0.1) is 0 Å². The van der Waals surface area contributed by atoms with E-state index < -0.39 is 0 Å². The third-order valence-electron chi connectivity index (χ3n) is 2.42. The number of anilines is 1. The molecule has 2 aromatic rings. The van der Waals surface area contributed by atoms with Crippen molar-refractivity contribution >= 4 is 21.7 Å². The fourth-order valence-electron chi connectivity index (χ4n) is 1.69. The fourth-order valence-corrected chi connectivity index (χ4v) is 1.96. The van der Waals surface area contributed by atoms with Crippen LogP contribution >= 0.6 is 15.9 Å². The van der Waals surface area contributed by atoms with E-state index in [2.05, 4.69) is 50.5 Å². The van der Waals surface area contributed by atoms with Gasteiger partial charge in [0.15, 0.2) is 5.82 Å². The topological polar surface area (TPSA) is 40.7 Å². The maximum absolute atomic E-state index is 4.26. The van der Waals surface area contributed by atoms with Crippen LogP contribution in [0.2, 0.25) is 0 Å². The highest BCUT2D eigenvalue weighted by Crippen LogP contribution is 2.30. The smallest absolute Gasteiger partial charge is 0.155 e. The molecule has 1 aromatic carbocycles. The Labute approximate surface area is 103 Å². The molecule has 84 valence electrons. The lowest BCUT2D eigenvalue weighted by Crippen LogP contribution is -1.98. The van der Waals surface area contributed by atoms with Gasteiger partial charge in [-0.25, -0.2) is 0 Å². The van der Waals surface area contributed by atoms with Gasteiger partial charge in [0.25, 0.3) is 0 Å². The first-order valence-electron chi connectivity index (χ1n) is 5.27. The first-order chi connectivity index (χ1) is 7.72. The summed E-state index contributed by atoms with van der Waals surface area (Å²) >= 11 is 3.44. The summed E-state index contributed by atoms with van der Waals surface area (Å²) in [5.74, 6) is 0.919. The number of H-pyrrole nitrogens is 1. The van der Waals surface area contributed by atoms with Crippen molar-refractivity contribution in [1.82, 2.24) is 10.2 Å². The summed E-state index contributed by atoms with van der Waals surface area (Å²) in [7, 11) is 0. The zero-order valence-electron chi connectivity index (χ0n) is 9.34. The molecule has 0 aliphatic heterocycles. The van der Waals surface area contributed by atoms with Crippen molar-refractivity contribution < 1.29 is 0 Å². The molecule has 0 saturated heterocycles. The van der Waals surface area contributed by atoms with Crippen molar-refractivity contribution in [2.75, 3.05) is 11.9 Å². The number of nitrogens with one attached hydrogen (secondary N) is 2. The number of halogens is 1. The van der Waals surface area contributed by atoms with E-state index in [1.165, 1.54) is 5.56 Å². The largest absolute Gasteiger partial charge is 0.368 e. The van der Waals surface area contributed by atoms with Gasteiger partial charge in [0.2, 0.25) is 0 Å². The Morgan fingerprint density at radius 3 is 2.62 bits per heavy atom. The van der Waals surface area contributed by atoms with Crippen LogP contribution < -0.4 is 5.32 Å². The zero-order chi connectivity index (χ0) is 11.5. The van der Waals surface area contributed by atoms with Gasteiger partial charge in [0.1, 0.15) is 0 Å². The third-order valence-corrected chi connectivity index (χ3v) is 2.95. The van der Waals surface area contributed by atoms with E-state index in [4.69, 9.17) is 0 Å². The van der Waals surface area contributed by atoms with Crippen LogP contribution in [0.25, 0.3) is 11.1 Å². The Kier molecular flexibility index (Phi) is 3.29. The number of nitrogens with zero attached hydrogens (tertiary/aromatic N) is 1. The molecule has 1 aromatic heterocycles. The minimum absolute atomic E-state index is 0.869. The predicted octanol–water partition coefficient (Wildman–Crippen LogP) is 3.58. The SMILES string of the molecule is CCNc1n[nH]c(C)c1-c1ccc(Br)cc1. The summed E-state index contributed by atoms with van der Waals surface area (Å²) in [6.45, 7) is 4.97. The maximum atomic E-state index is 4.26. The molecule has 16 heavy (non-hydrogen) atoms. The van der Waals surface area contributed by atoms with E-state index in [0.717, 1.165) is 28.1 Å². The van der Waals surface area contributed by atoms with Crippen LogP contribution in [0.5, 0.6) is 0 Å². The quantitative estimate of drug-likeness (QED) is 0.902. The van der Waals surface area contributed by atoms with Crippen LogP contribution in [0, 0.1) is 6.92 Å². The zero-order valence-corrected chi connectivity index (χ0v) is 10.9. The number of rotatable bonds is 3. The Bertz CT molecular complexity index is 474. The van der Waals surface area contributed by atoms with E-state index in [0.29, 0.717) is 0 Å². The van der Waals surface area contributed by atoms with Crippen molar-refractivity contribution in [2.45, 2.75) is 13.8 Å². The minimum atomic E-state index is 0.869. The second-order valence-corrected chi connectivity index (χ2v) is 4.53. The lowest BCUT2D eigenvalue weighted by molar-refractivity contribution is 1.03. The van der Waals surface area contributed by atoms with E-state index >= 15 is 0 Å². The average molecular weight is 280 g/mol. The van der Waals surface area contributed by atoms with Gasteiger partial charge in [0.05, 0.1) is 0 Å². The lowest BCUT2D eigenvalue weighted by atomic mass is 10.1. The van der Waals surface area contributed by atoms with Crippen LogP contribution in [-0.2, 0) is 0 Å². The number of hydrogen-bond acceptors (Lipinski definition) is 2. The van der Waals surface area contributed by atoms with E-state index in [1.807, 2.05) is 19.1 Å². The summed E-state index contributed by atoms with van der Waals surface area (Å²) in [6, 6.07) is 8.25. The highest BCUT2D eigenvalue weighted by Gasteiger charge is 2.11. The average Bonchev–Trinajstić information content (AvgIpc) is 2.62. The van der Waals surface area contributed by atoms with E-state index in [1.54, 1.807) is 0 Å². The number of hydrogen-bond donors (Lipinski definition) is 2. The normalized spacial score (nSPS) is 10.4. The molecule has 0 fully saturated rings. The summed E-state index contributed by atoms with van der Waals surface area (Å²) in [4.78, 5) is 0. The second kappa shape index (κ2) is 4.70. The number of benzene rings is 1. The molecule has 0 amide bonds. The van der Waals surface area contributed by atoms with Gasteiger partial charge in [0, 0.05) is 22.3 Å². The molecule has 0 spiro atoms. The Morgan fingerprint density at radius 1 is 1.31 bits per heavy atom. The Hall–Kier alpha value is -1.29. The second-order valence-electron chi connectivity index (χ2n) is 3.61. The molecular formula is C12H14BrN3. The van der Waals surface area contributed by atoms with Crippen LogP contribution in [0.3, 0.4) is 0 Å². The summed E-state index contributed by atoms with van der Waals surface area (Å²) in [6.07, 6.45) is 0. The maximum Gasteiger partial charge on any atom is 0.155 e. The number of aryl methyl sites for hydroxylation is 1. The van der Waals surface area contributed by atoms with Gasteiger partial charge >= 0.3 is 0 Å². The molecular weight excluding hydrogens is 266 g/mol. The molecule has 0 aliphatic carbocycles. The van der Waals surface area contributed by atoms with E-state index in [9.17, 15) is 0 Å². The van der Waals surface area contributed by atoms with Crippen molar-refractivity contribution in [3.8, 4) is 11.1 Å². The van der Waals surface area contributed by atoms with E-state index in [-0.39, 0.29) is 0 Å². The molecule has 0 unspecified atom stereocenters. The molecule has 1 heterocycles. The highest BCUT2D eigenvalue weighted by molar-refractivity contribution is 9.10. The molecule has 0 aliphatic rings. The van der Waals surface area contributed by atoms with Crippen molar-refractivity contribution in [2.24, 2.45) is 0 Å². The molecule has 2 N–H and O–H groups in total. The van der Waals surface area contributed by atoms with Gasteiger partial charge < -0.3 is 5.32 Å². The molecule has 3 nitrogen and oxygen atoms in total. The first-order valence-corrected chi connectivity index (χ1v) is 6.06. The summed E-state index contributed by atoms with van der Waals surface area (Å²) in [5, 5.41) is 10.5. The van der Waals surface area contributed by atoms with Crippen LogP contribution in [0.4, 0.5) is 5.82 Å². The van der Waals surface area contributed by atoms with Crippen LogP contribution in [0.1, 0.15) is 12.6 Å². The van der Waals surface area contributed by atoms with Crippen molar-refractivity contribution in [3.05, 3.63) is 34.4 Å². The van der Waals surface area contributed by atoms with Crippen molar-refractivity contribution in [1.29, 1.82) is 0 Å². The summed E-state index contributed by atoms with van der Waals surface area (Å²) in [5.41, 5.74) is 3.40. The molecule has 0 radical (unpaired) electrons. The molecule has 0 atom stereocenters. The Morgan fingerprint density at radius 2 is 2.00 bits per heavy atom. The van der Waals surface area contributed by atoms with Gasteiger partial charge in [-0.1, -0.05) is 28.1 Å². The monoisotopic (exact) mass is 279 g/mol. The predicted molar refractivity (Wildman–Crippen MR) is 70.6 cm³/mol. The fraction of sp³-hybridized carbons (Fsp3) is 0.250. The number of aromatic nitrogens is 2. The molecule has 0 bridgehead atoms. The minimum Gasteiger partial charge on any atom is -0.368 e. The van der Waals surface area contributed by atoms with Crippen molar-refractivity contribution in [3.63, 3.8) is 0 Å². The molecule has 0 saturated carbocycles. The first kappa shape index (κ1) is 11.2. The van der Waals surface area contributed by atoms with Crippen LogP contribution in [0.15, 0.2) is 28.7 Å². The lowest BCUT2D eigenvalue weighted by Gasteiger charge is -2.05. The highest BCUT2D eigenvalue weighted by atomic mass is 79.9. The number of aromatic amines is 1. The molecule has 4 heteroatoms. The Balaban J connectivity index is 2.45. The standard InChI is InChI=1S/C12H14BrN3/c1-3-14-12-11(8(2)15-16-12)9-4-6-10(13)7-5-9/h4-7H,3H2,1-2H3,(H2,14,15,16).